The fraction of sp³-hybridized carbons (Fsp3) is 0.158. The number of thiophene rings is 1. The molecule has 8 heteroatoms. The summed E-state index contributed by atoms with van der Waals surface area (Å²) < 4.78 is 0. The lowest BCUT2D eigenvalue weighted by Gasteiger charge is -2.20. The highest BCUT2D eigenvalue weighted by Gasteiger charge is 2.44. The molecule has 2 aromatic rings. The molecular weight excluding hydrogens is 366 g/mol. The van der Waals surface area contributed by atoms with Crippen molar-refractivity contribution in [1.82, 2.24) is 15.1 Å². The summed E-state index contributed by atoms with van der Waals surface area (Å²) in [6.45, 7) is 2.85. The standard InChI is InChI=1S/C19H17N3O4S/c1-2-10-21-17(24)18(25)22(19(21)26)12-15(23)20-16(14-9-6-11-27-14)13-7-4-3-5-8-13/h2-9,11,16H,1,10,12H2,(H,20,23)/t16-/m1/s1. The number of carbonyl (C=O) groups is 4. The van der Waals surface area contributed by atoms with Crippen LogP contribution in [0.25, 0.3) is 0 Å². The van der Waals surface area contributed by atoms with E-state index >= 15 is 0 Å². The number of amides is 5. The van der Waals surface area contributed by atoms with Crippen LogP contribution in [-0.2, 0) is 14.4 Å². The highest BCUT2D eigenvalue weighted by molar-refractivity contribution is 7.10. The van der Waals surface area contributed by atoms with E-state index in [-0.39, 0.29) is 6.54 Å². The molecule has 7 nitrogen and oxygen atoms in total. The van der Waals surface area contributed by atoms with Crippen molar-refractivity contribution in [2.45, 2.75) is 6.04 Å². The van der Waals surface area contributed by atoms with Crippen molar-refractivity contribution >= 4 is 35.1 Å². The van der Waals surface area contributed by atoms with Gasteiger partial charge in [0, 0.05) is 11.4 Å². The molecule has 0 saturated carbocycles. The Balaban J connectivity index is 1.75. The van der Waals surface area contributed by atoms with Gasteiger partial charge in [0.2, 0.25) is 5.91 Å². The fourth-order valence-electron chi connectivity index (χ4n) is 2.75. The molecule has 0 bridgehead atoms. The molecule has 0 radical (unpaired) electrons. The van der Waals surface area contributed by atoms with E-state index in [1.807, 2.05) is 47.8 Å². The smallest absolute Gasteiger partial charge is 0.335 e. The first-order valence-electron chi connectivity index (χ1n) is 8.19. The molecule has 1 aromatic carbocycles. The van der Waals surface area contributed by atoms with Gasteiger partial charge in [-0.25, -0.2) is 9.69 Å². The van der Waals surface area contributed by atoms with Crippen molar-refractivity contribution in [2.75, 3.05) is 13.1 Å². The Morgan fingerprint density at radius 1 is 1.07 bits per heavy atom. The third-order valence-corrected chi connectivity index (χ3v) is 4.95. The summed E-state index contributed by atoms with van der Waals surface area (Å²) in [5, 5.41) is 4.74. The Labute approximate surface area is 159 Å². The lowest BCUT2D eigenvalue weighted by atomic mass is 10.1. The van der Waals surface area contributed by atoms with Crippen LogP contribution >= 0.6 is 11.3 Å². The average Bonchev–Trinajstić information content (AvgIpc) is 3.27. The number of hydrogen-bond acceptors (Lipinski definition) is 5. The van der Waals surface area contributed by atoms with Crippen LogP contribution in [0.15, 0.2) is 60.5 Å². The summed E-state index contributed by atoms with van der Waals surface area (Å²) in [4.78, 5) is 51.0. The maximum absolute atomic E-state index is 12.5. The summed E-state index contributed by atoms with van der Waals surface area (Å²) in [7, 11) is 0. The zero-order valence-corrected chi connectivity index (χ0v) is 15.1. The Morgan fingerprint density at radius 2 is 1.78 bits per heavy atom. The lowest BCUT2D eigenvalue weighted by molar-refractivity contribution is -0.143. The molecule has 5 amide bonds. The predicted molar refractivity (Wildman–Crippen MR) is 99.8 cm³/mol. The molecule has 0 spiro atoms. The minimum Gasteiger partial charge on any atom is -0.343 e. The van der Waals surface area contributed by atoms with Gasteiger partial charge in [0.25, 0.3) is 0 Å². The van der Waals surface area contributed by atoms with Gasteiger partial charge in [-0.05, 0) is 17.0 Å². The Bertz CT molecular complexity index is 880. The summed E-state index contributed by atoms with van der Waals surface area (Å²) in [5.41, 5.74) is 0.872. The van der Waals surface area contributed by atoms with Crippen molar-refractivity contribution in [3.8, 4) is 0 Å². The maximum Gasteiger partial charge on any atom is 0.335 e. The minimum atomic E-state index is -1.01. The Hall–Kier alpha value is -3.26. The lowest BCUT2D eigenvalue weighted by Crippen LogP contribution is -2.42. The normalized spacial score (nSPS) is 15.2. The molecule has 0 aliphatic carbocycles. The van der Waals surface area contributed by atoms with Crippen LogP contribution in [0.4, 0.5) is 4.79 Å². The number of benzene rings is 1. The minimum absolute atomic E-state index is 0.0800. The zero-order valence-electron chi connectivity index (χ0n) is 14.3. The first-order valence-corrected chi connectivity index (χ1v) is 9.06. The molecule has 138 valence electrons. The van der Waals surface area contributed by atoms with Gasteiger partial charge in [0.1, 0.15) is 6.54 Å². The summed E-state index contributed by atoms with van der Waals surface area (Å²) in [5.74, 6) is -2.50. The van der Waals surface area contributed by atoms with E-state index in [2.05, 4.69) is 11.9 Å². The second-order valence-corrected chi connectivity index (χ2v) is 6.78. The van der Waals surface area contributed by atoms with Gasteiger partial charge in [-0.1, -0.05) is 42.5 Å². The van der Waals surface area contributed by atoms with E-state index < -0.39 is 36.3 Å². The maximum atomic E-state index is 12.5. The summed E-state index contributed by atoms with van der Waals surface area (Å²) in [6.07, 6.45) is 1.34. The molecule has 1 aliphatic heterocycles. The molecule has 1 saturated heterocycles. The molecule has 27 heavy (non-hydrogen) atoms. The van der Waals surface area contributed by atoms with Crippen LogP contribution in [-0.4, -0.2) is 46.6 Å². The predicted octanol–water partition coefficient (Wildman–Crippen LogP) is 1.93. The van der Waals surface area contributed by atoms with Crippen LogP contribution in [0.3, 0.4) is 0 Å². The summed E-state index contributed by atoms with van der Waals surface area (Å²) in [6, 6.07) is 11.9. The van der Waals surface area contributed by atoms with E-state index in [9.17, 15) is 19.2 Å². The fourth-order valence-corrected chi connectivity index (χ4v) is 3.55. The van der Waals surface area contributed by atoms with Crippen LogP contribution in [0.1, 0.15) is 16.5 Å². The van der Waals surface area contributed by atoms with Gasteiger partial charge in [-0.3, -0.25) is 19.3 Å². The molecule has 1 atom stereocenters. The Morgan fingerprint density at radius 3 is 2.41 bits per heavy atom. The highest BCUT2D eigenvalue weighted by atomic mass is 32.1. The SMILES string of the molecule is C=CCN1C(=O)C(=O)N(CC(=O)N[C@H](c2ccccc2)c2cccs2)C1=O. The van der Waals surface area contributed by atoms with Gasteiger partial charge >= 0.3 is 17.8 Å². The van der Waals surface area contributed by atoms with Gasteiger partial charge in [0.15, 0.2) is 0 Å². The number of nitrogens with zero attached hydrogens (tertiary/aromatic N) is 2. The van der Waals surface area contributed by atoms with Crippen molar-refractivity contribution < 1.29 is 19.2 Å². The third-order valence-electron chi connectivity index (χ3n) is 4.01. The van der Waals surface area contributed by atoms with Gasteiger partial charge in [0.05, 0.1) is 6.04 Å². The van der Waals surface area contributed by atoms with Crippen molar-refractivity contribution in [1.29, 1.82) is 0 Å². The van der Waals surface area contributed by atoms with E-state index in [0.29, 0.717) is 4.90 Å². The van der Waals surface area contributed by atoms with E-state index in [4.69, 9.17) is 0 Å². The quantitative estimate of drug-likeness (QED) is 0.450. The van der Waals surface area contributed by atoms with Crippen LogP contribution in [0.5, 0.6) is 0 Å². The molecular formula is C19H17N3O4S. The summed E-state index contributed by atoms with van der Waals surface area (Å²) >= 11 is 1.48. The van der Waals surface area contributed by atoms with Crippen LogP contribution in [0.2, 0.25) is 0 Å². The third kappa shape index (κ3) is 3.80. The second kappa shape index (κ2) is 7.96. The number of carbonyl (C=O) groups excluding carboxylic acids is 4. The van der Waals surface area contributed by atoms with Gasteiger partial charge in [-0.15, -0.1) is 17.9 Å². The highest BCUT2D eigenvalue weighted by Crippen LogP contribution is 2.26. The molecule has 1 N–H and O–H groups in total. The number of imide groups is 2. The van der Waals surface area contributed by atoms with Crippen LogP contribution in [0, 0.1) is 0 Å². The van der Waals surface area contributed by atoms with E-state index in [0.717, 1.165) is 15.3 Å². The topological polar surface area (TPSA) is 86.8 Å². The molecule has 1 aromatic heterocycles. The molecule has 0 unspecified atom stereocenters. The molecule has 1 fully saturated rings. The molecule has 3 rings (SSSR count). The Kier molecular flexibility index (Phi) is 5.46. The zero-order chi connectivity index (χ0) is 19.4. The number of hydrogen-bond donors (Lipinski definition) is 1. The number of nitrogens with one attached hydrogen (secondary N) is 1. The first kappa shape index (κ1) is 18.5. The number of urea groups is 1. The van der Waals surface area contributed by atoms with Crippen molar-refractivity contribution in [2.24, 2.45) is 0 Å². The largest absolute Gasteiger partial charge is 0.343 e. The van der Waals surface area contributed by atoms with Crippen molar-refractivity contribution in [3.05, 3.63) is 70.9 Å². The number of rotatable bonds is 7. The van der Waals surface area contributed by atoms with Crippen molar-refractivity contribution in [3.63, 3.8) is 0 Å². The molecule has 2 heterocycles. The van der Waals surface area contributed by atoms with E-state index in [1.165, 1.54) is 17.4 Å². The monoisotopic (exact) mass is 383 g/mol. The van der Waals surface area contributed by atoms with Crippen LogP contribution < -0.4 is 5.32 Å². The first-order chi connectivity index (χ1) is 13.0. The van der Waals surface area contributed by atoms with Gasteiger partial charge < -0.3 is 5.32 Å². The van der Waals surface area contributed by atoms with E-state index in [1.54, 1.807) is 0 Å². The molecule has 1 aliphatic rings. The van der Waals surface area contributed by atoms with Gasteiger partial charge in [-0.2, -0.15) is 0 Å². The average molecular weight is 383 g/mol. The second-order valence-electron chi connectivity index (χ2n) is 5.80.